The molecule has 9 heteroatoms. The first-order valence-corrected chi connectivity index (χ1v) is 7.42. The number of hydrogen-bond donors (Lipinski definition) is 0. The summed E-state index contributed by atoms with van der Waals surface area (Å²) in [5.41, 5.74) is -2.86. The van der Waals surface area contributed by atoms with Gasteiger partial charge in [0.25, 0.3) is 5.91 Å². The zero-order chi connectivity index (χ0) is 19.5. The number of carbonyl (C=O) groups excluding carboxylic acids is 1. The van der Waals surface area contributed by atoms with Gasteiger partial charge >= 0.3 is 12.4 Å². The SMILES string of the molecule is CN(CCc1ccncc1)C(=O)c1cc(C(F)(F)F)cc(C(F)(F)F)c1. The van der Waals surface area contributed by atoms with Gasteiger partial charge in [-0.05, 0) is 42.3 Å². The Morgan fingerprint density at radius 2 is 1.46 bits per heavy atom. The highest BCUT2D eigenvalue weighted by atomic mass is 19.4. The van der Waals surface area contributed by atoms with Gasteiger partial charge in [-0.3, -0.25) is 9.78 Å². The highest BCUT2D eigenvalue weighted by Crippen LogP contribution is 2.36. The summed E-state index contributed by atoms with van der Waals surface area (Å²) in [6.45, 7) is 0.125. The van der Waals surface area contributed by atoms with E-state index in [-0.39, 0.29) is 12.6 Å². The second-order valence-corrected chi connectivity index (χ2v) is 5.63. The number of likely N-dealkylation sites (N-methyl/N-ethyl adjacent to an activating group) is 1. The summed E-state index contributed by atoms with van der Waals surface area (Å²) in [5, 5.41) is 0. The van der Waals surface area contributed by atoms with E-state index in [1.165, 1.54) is 7.05 Å². The molecule has 1 aromatic heterocycles. The molecule has 0 spiro atoms. The summed E-state index contributed by atoms with van der Waals surface area (Å²) in [6, 6.07) is 4.25. The van der Waals surface area contributed by atoms with Gasteiger partial charge in [0, 0.05) is 31.5 Å². The number of nitrogens with zero attached hydrogens (tertiary/aromatic N) is 2. The Bertz CT molecular complexity index is 739. The number of benzene rings is 1. The van der Waals surface area contributed by atoms with Crippen molar-refractivity contribution in [2.75, 3.05) is 13.6 Å². The Labute approximate surface area is 145 Å². The maximum absolute atomic E-state index is 12.9. The van der Waals surface area contributed by atoms with Crippen molar-refractivity contribution in [2.45, 2.75) is 18.8 Å². The van der Waals surface area contributed by atoms with Crippen LogP contribution < -0.4 is 0 Å². The van der Waals surface area contributed by atoms with Crippen LogP contribution in [-0.4, -0.2) is 29.4 Å². The molecule has 140 valence electrons. The lowest BCUT2D eigenvalue weighted by Gasteiger charge is -2.19. The van der Waals surface area contributed by atoms with Crippen molar-refractivity contribution in [3.05, 3.63) is 65.0 Å². The van der Waals surface area contributed by atoms with E-state index in [2.05, 4.69) is 4.98 Å². The molecular weight excluding hydrogens is 362 g/mol. The van der Waals surface area contributed by atoms with Crippen LogP contribution in [0.1, 0.15) is 27.0 Å². The summed E-state index contributed by atoms with van der Waals surface area (Å²) in [4.78, 5) is 17.2. The molecule has 0 fully saturated rings. The van der Waals surface area contributed by atoms with Crippen LogP contribution in [0.3, 0.4) is 0 Å². The lowest BCUT2D eigenvalue weighted by molar-refractivity contribution is -0.143. The van der Waals surface area contributed by atoms with Gasteiger partial charge in [-0.25, -0.2) is 0 Å². The fourth-order valence-electron chi connectivity index (χ4n) is 2.25. The summed E-state index contributed by atoms with van der Waals surface area (Å²) in [5.74, 6) is -0.921. The van der Waals surface area contributed by atoms with Crippen LogP contribution in [0.25, 0.3) is 0 Å². The van der Waals surface area contributed by atoms with Crippen LogP contribution in [0.15, 0.2) is 42.7 Å². The van der Waals surface area contributed by atoms with Gasteiger partial charge in [0.1, 0.15) is 0 Å². The van der Waals surface area contributed by atoms with Crippen molar-refractivity contribution in [2.24, 2.45) is 0 Å². The van der Waals surface area contributed by atoms with Crippen molar-refractivity contribution < 1.29 is 31.1 Å². The molecule has 0 saturated carbocycles. The Kier molecular flexibility index (Phi) is 5.58. The van der Waals surface area contributed by atoms with E-state index in [1.54, 1.807) is 24.5 Å². The Morgan fingerprint density at radius 1 is 0.962 bits per heavy atom. The van der Waals surface area contributed by atoms with Crippen LogP contribution in [0.2, 0.25) is 0 Å². The van der Waals surface area contributed by atoms with Gasteiger partial charge in [0.05, 0.1) is 11.1 Å². The van der Waals surface area contributed by atoms with E-state index in [0.717, 1.165) is 10.5 Å². The van der Waals surface area contributed by atoms with Crippen LogP contribution in [0, 0.1) is 0 Å². The first-order chi connectivity index (χ1) is 12.0. The molecule has 0 radical (unpaired) electrons. The topological polar surface area (TPSA) is 33.2 Å². The molecule has 0 atom stereocenters. The zero-order valence-electron chi connectivity index (χ0n) is 13.5. The molecule has 0 bridgehead atoms. The molecule has 1 heterocycles. The third-order valence-electron chi connectivity index (χ3n) is 3.67. The number of carbonyl (C=O) groups is 1. The van der Waals surface area contributed by atoms with Gasteiger partial charge in [-0.15, -0.1) is 0 Å². The third kappa shape index (κ3) is 4.96. The fourth-order valence-corrected chi connectivity index (χ4v) is 2.25. The molecule has 26 heavy (non-hydrogen) atoms. The molecule has 0 unspecified atom stereocenters. The van der Waals surface area contributed by atoms with Gasteiger partial charge in [0.15, 0.2) is 0 Å². The normalized spacial score (nSPS) is 12.1. The maximum Gasteiger partial charge on any atom is 0.416 e. The van der Waals surface area contributed by atoms with Gasteiger partial charge in [-0.2, -0.15) is 26.3 Å². The van der Waals surface area contributed by atoms with Crippen LogP contribution in [0.5, 0.6) is 0 Å². The fraction of sp³-hybridized carbons (Fsp3) is 0.294. The van der Waals surface area contributed by atoms with Crippen LogP contribution in [0.4, 0.5) is 26.3 Å². The van der Waals surface area contributed by atoms with E-state index in [0.29, 0.717) is 18.6 Å². The average Bonchev–Trinajstić information content (AvgIpc) is 2.58. The molecular formula is C17H14F6N2O. The van der Waals surface area contributed by atoms with Crippen molar-refractivity contribution >= 4 is 5.91 Å². The standard InChI is InChI=1S/C17H14F6N2O/c1-25(7-4-11-2-5-24-6-3-11)15(26)12-8-13(16(18,19)20)10-14(9-12)17(21,22)23/h2-3,5-6,8-10H,4,7H2,1H3. The van der Waals surface area contributed by atoms with E-state index in [9.17, 15) is 31.1 Å². The Hall–Kier alpha value is -2.58. The molecule has 2 aromatic rings. The number of aromatic nitrogens is 1. The van der Waals surface area contributed by atoms with Gasteiger partial charge in [0.2, 0.25) is 0 Å². The van der Waals surface area contributed by atoms with Crippen LogP contribution in [-0.2, 0) is 18.8 Å². The van der Waals surface area contributed by atoms with Crippen molar-refractivity contribution in [1.29, 1.82) is 0 Å². The van der Waals surface area contributed by atoms with Crippen molar-refractivity contribution in [3.63, 3.8) is 0 Å². The second-order valence-electron chi connectivity index (χ2n) is 5.63. The summed E-state index contributed by atoms with van der Waals surface area (Å²) >= 11 is 0. The molecule has 1 amide bonds. The first kappa shape index (κ1) is 19.7. The van der Waals surface area contributed by atoms with E-state index >= 15 is 0 Å². The molecule has 0 saturated heterocycles. The molecule has 0 aliphatic rings. The minimum Gasteiger partial charge on any atom is -0.341 e. The predicted molar refractivity (Wildman–Crippen MR) is 81.3 cm³/mol. The van der Waals surface area contributed by atoms with E-state index in [4.69, 9.17) is 0 Å². The number of pyridine rings is 1. The third-order valence-corrected chi connectivity index (χ3v) is 3.67. The molecule has 0 N–H and O–H groups in total. The zero-order valence-corrected chi connectivity index (χ0v) is 13.5. The monoisotopic (exact) mass is 376 g/mol. The molecule has 0 aliphatic heterocycles. The van der Waals surface area contributed by atoms with E-state index < -0.39 is 35.0 Å². The van der Waals surface area contributed by atoms with Crippen LogP contribution >= 0.6 is 0 Å². The first-order valence-electron chi connectivity index (χ1n) is 7.42. The smallest absolute Gasteiger partial charge is 0.341 e. The Balaban J connectivity index is 2.26. The van der Waals surface area contributed by atoms with Gasteiger partial charge < -0.3 is 4.90 Å². The summed E-state index contributed by atoms with van der Waals surface area (Å²) in [7, 11) is 1.32. The molecule has 0 aliphatic carbocycles. The lowest BCUT2D eigenvalue weighted by Crippen LogP contribution is -2.29. The highest BCUT2D eigenvalue weighted by molar-refractivity contribution is 5.94. The molecule has 3 nitrogen and oxygen atoms in total. The molecule has 1 aromatic carbocycles. The number of alkyl halides is 6. The lowest BCUT2D eigenvalue weighted by atomic mass is 10.0. The van der Waals surface area contributed by atoms with Crippen molar-refractivity contribution in [3.8, 4) is 0 Å². The maximum atomic E-state index is 12.9. The second kappa shape index (κ2) is 7.35. The number of halogens is 6. The Morgan fingerprint density at radius 3 is 1.92 bits per heavy atom. The minimum absolute atomic E-state index is 0.00620. The highest BCUT2D eigenvalue weighted by Gasteiger charge is 2.37. The quantitative estimate of drug-likeness (QED) is 0.740. The predicted octanol–water partition coefficient (Wildman–Crippen LogP) is 4.43. The molecule has 2 rings (SSSR count). The number of hydrogen-bond acceptors (Lipinski definition) is 2. The summed E-state index contributed by atoms with van der Waals surface area (Å²) in [6.07, 6.45) is -6.52. The van der Waals surface area contributed by atoms with E-state index in [1.807, 2.05) is 0 Å². The largest absolute Gasteiger partial charge is 0.416 e. The summed E-state index contributed by atoms with van der Waals surface area (Å²) < 4.78 is 77.2. The van der Waals surface area contributed by atoms with Crippen molar-refractivity contribution in [1.82, 2.24) is 9.88 Å². The average molecular weight is 376 g/mol. The number of rotatable bonds is 4. The number of amides is 1. The van der Waals surface area contributed by atoms with Gasteiger partial charge in [-0.1, -0.05) is 0 Å². The minimum atomic E-state index is -4.99.